The van der Waals surface area contributed by atoms with Crippen LogP contribution in [0.4, 0.5) is 0 Å². The number of rotatable bonds is 2. The van der Waals surface area contributed by atoms with Gasteiger partial charge in [0, 0.05) is 25.0 Å². The molecule has 2 heterocycles. The first-order valence-corrected chi connectivity index (χ1v) is 8.57. The Morgan fingerprint density at radius 1 is 1.22 bits per heavy atom. The van der Waals surface area contributed by atoms with E-state index < -0.39 is 0 Å². The van der Waals surface area contributed by atoms with Crippen LogP contribution in [0.1, 0.15) is 39.4 Å². The molecule has 0 saturated carbocycles. The molecule has 1 aliphatic rings. The van der Waals surface area contributed by atoms with Crippen LogP contribution in [0.5, 0.6) is 0 Å². The van der Waals surface area contributed by atoms with Crippen LogP contribution in [0.25, 0.3) is 11.0 Å². The van der Waals surface area contributed by atoms with Gasteiger partial charge in [-0.05, 0) is 37.8 Å². The summed E-state index contributed by atoms with van der Waals surface area (Å²) in [6.45, 7) is 10.9. The van der Waals surface area contributed by atoms with Crippen molar-refractivity contribution in [1.29, 1.82) is 0 Å². The largest absolute Gasteiger partial charge is 0.342 e. The van der Waals surface area contributed by atoms with E-state index in [4.69, 9.17) is 0 Å². The number of aryl methyl sites for hydroxylation is 1. The topological polar surface area (TPSA) is 38.1 Å². The molecule has 0 spiro atoms. The van der Waals surface area contributed by atoms with Crippen LogP contribution in [0.15, 0.2) is 24.3 Å². The van der Waals surface area contributed by atoms with Crippen LogP contribution in [-0.4, -0.2) is 33.4 Å². The zero-order valence-electron chi connectivity index (χ0n) is 14.7. The lowest BCUT2D eigenvalue weighted by Crippen LogP contribution is -2.44. The van der Waals surface area contributed by atoms with Gasteiger partial charge in [-0.2, -0.15) is 0 Å². The van der Waals surface area contributed by atoms with Crippen molar-refractivity contribution in [3.63, 3.8) is 0 Å². The van der Waals surface area contributed by atoms with E-state index in [1.807, 2.05) is 31.7 Å². The Kier molecular flexibility index (Phi) is 4.17. The predicted molar refractivity (Wildman–Crippen MR) is 93.2 cm³/mol. The van der Waals surface area contributed by atoms with Gasteiger partial charge in [0.2, 0.25) is 5.91 Å². The van der Waals surface area contributed by atoms with Gasteiger partial charge in [0.1, 0.15) is 5.82 Å². The summed E-state index contributed by atoms with van der Waals surface area (Å²) in [6.07, 6.45) is 2.15. The molecule has 1 aliphatic heterocycles. The third kappa shape index (κ3) is 3.26. The molecule has 1 fully saturated rings. The van der Waals surface area contributed by atoms with Crippen molar-refractivity contribution in [2.75, 3.05) is 13.1 Å². The van der Waals surface area contributed by atoms with Crippen LogP contribution < -0.4 is 0 Å². The van der Waals surface area contributed by atoms with Gasteiger partial charge in [0.25, 0.3) is 0 Å². The number of carbonyl (C=O) groups is 1. The average Bonchev–Trinajstić information content (AvgIpc) is 2.82. The highest BCUT2D eigenvalue weighted by molar-refractivity contribution is 5.81. The summed E-state index contributed by atoms with van der Waals surface area (Å²) < 4.78 is 2.33. The number of para-hydroxylation sites is 2. The van der Waals surface area contributed by atoms with Gasteiger partial charge in [-0.3, -0.25) is 4.79 Å². The van der Waals surface area contributed by atoms with Crippen molar-refractivity contribution in [3.05, 3.63) is 30.1 Å². The third-order valence-corrected chi connectivity index (χ3v) is 4.83. The molecule has 0 atom stereocenters. The quantitative estimate of drug-likeness (QED) is 0.849. The lowest BCUT2D eigenvalue weighted by molar-refractivity contribution is -0.140. The summed E-state index contributed by atoms with van der Waals surface area (Å²) in [6, 6.07) is 8.33. The molecule has 1 saturated heterocycles. The molecule has 124 valence electrons. The molecule has 1 aromatic heterocycles. The Hall–Kier alpha value is -1.84. The second-order valence-corrected chi connectivity index (χ2v) is 7.74. The molecule has 1 aromatic carbocycles. The summed E-state index contributed by atoms with van der Waals surface area (Å²) in [7, 11) is 0. The maximum atomic E-state index is 12.4. The molecule has 2 aromatic rings. The number of hydrogen-bond acceptors (Lipinski definition) is 2. The molecular formula is C19H27N3O. The van der Waals surface area contributed by atoms with Gasteiger partial charge in [-0.25, -0.2) is 4.98 Å². The zero-order valence-corrected chi connectivity index (χ0v) is 14.7. The SMILES string of the molecule is Cc1nc2ccccc2n1CC1CCN(C(=O)C(C)(C)C)CC1. The molecule has 0 radical (unpaired) electrons. The fraction of sp³-hybridized carbons (Fsp3) is 0.579. The molecule has 0 aliphatic carbocycles. The number of carbonyl (C=O) groups excluding carboxylic acids is 1. The van der Waals surface area contributed by atoms with E-state index in [9.17, 15) is 4.79 Å². The molecule has 0 bridgehead atoms. The third-order valence-electron chi connectivity index (χ3n) is 4.83. The van der Waals surface area contributed by atoms with Crippen LogP contribution in [0.2, 0.25) is 0 Å². The summed E-state index contributed by atoms with van der Waals surface area (Å²) in [5, 5.41) is 0. The van der Waals surface area contributed by atoms with E-state index in [1.165, 1.54) is 5.52 Å². The minimum absolute atomic E-state index is 0.274. The Labute approximate surface area is 138 Å². The molecule has 4 heteroatoms. The van der Waals surface area contributed by atoms with Crippen LogP contribution in [0.3, 0.4) is 0 Å². The maximum absolute atomic E-state index is 12.4. The fourth-order valence-electron chi connectivity index (χ4n) is 3.48. The van der Waals surface area contributed by atoms with E-state index in [-0.39, 0.29) is 11.3 Å². The smallest absolute Gasteiger partial charge is 0.227 e. The fourth-order valence-corrected chi connectivity index (χ4v) is 3.48. The number of imidazole rings is 1. The normalized spacial score (nSPS) is 17.0. The van der Waals surface area contributed by atoms with Crippen molar-refractivity contribution < 1.29 is 4.79 Å². The van der Waals surface area contributed by atoms with Crippen LogP contribution in [-0.2, 0) is 11.3 Å². The summed E-state index contributed by atoms with van der Waals surface area (Å²) >= 11 is 0. The van der Waals surface area contributed by atoms with E-state index in [1.54, 1.807) is 0 Å². The van der Waals surface area contributed by atoms with E-state index in [2.05, 4.69) is 34.7 Å². The predicted octanol–water partition coefficient (Wildman–Crippen LogP) is 3.63. The Morgan fingerprint density at radius 3 is 2.52 bits per heavy atom. The monoisotopic (exact) mass is 313 g/mol. The number of aromatic nitrogens is 2. The van der Waals surface area contributed by atoms with Gasteiger partial charge in [-0.15, -0.1) is 0 Å². The number of piperidine rings is 1. The van der Waals surface area contributed by atoms with Crippen molar-refractivity contribution in [2.45, 2.75) is 47.1 Å². The minimum Gasteiger partial charge on any atom is -0.342 e. The Bertz CT molecular complexity index is 703. The number of nitrogens with zero attached hydrogens (tertiary/aromatic N) is 3. The second kappa shape index (κ2) is 5.99. The molecule has 3 rings (SSSR count). The first kappa shape index (κ1) is 16.0. The second-order valence-electron chi connectivity index (χ2n) is 7.74. The van der Waals surface area contributed by atoms with Crippen molar-refractivity contribution in [3.8, 4) is 0 Å². The molecule has 0 N–H and O–H groups in total. The van der Waals surface area contributed by atoms with Gasteiger partial charge in [-0.1, -0.05) is 32.9 Å². The highest BCUT2D eigenvalue weighted by atomic mass is 16.2. The summed E-state index contributed by atoms with van der Waals surface area (Å²) in [5.74, 6) is 1.98. The van der Waals surface area contributed by atoms with Crippen molar-refractivity contribution >= 4 is 16.9 Å². The standard InChI is InChI=1S/C19H27N3O/c1-14-20-16-7-5-6-8-17(16)22(14)13-15-9-11-21(12-10-15)18(23)19(2,3)4/h5-8,15H,9-13H2,1-4H3. The molecular weight excluding hydrogens is 286 g/mol. The van der Waals surface area contributed by atoms with Gasteiger partial charge in [0.05, 0.1) is 11.0 Å². The zero-order chi connectivity index (χ0) is 16.6. The number of likely N-dealkylation sites (tertiary alicyclic amines) is 1. The average molecular weight is 313 g/mol. The molecule has 0 unspecified atom stereocenters. The van der Waals surface area contributed by atoms with Crippen LogP contribution in [0, 0.1) is 18.3 Å². The minimum atomic E-state index is -0.274. The lowest BCUT2D eigenvalue weighted by Gasteiger charge is -2.36. The first-order valence-electron chi connectivity index (χ1n) is 8.57. The highest BCUT2D eigenvalue weighted by Crippen LogP contribution is 2.26. The van der Waals surface area contributed by atoms with Gasteiger partial charge >= 0.3 is 0 Å². The highest BCUT2D eigenvalue weighted by Gasteiger charge is 2.30. The number of amides is 1. The number of fused-ring (bicyclic) bond motifs is 1. The maximum Gasteiger partial charge on any atom is 0.227 e. The number of benzene rings is 1. The molecule has 23 heavy (non-hydrogen) atoms. The van der Waals surface area contributed by atoms with E-state index >= 15 is 0 Å². The van der Waals surface area contributed by atoms with Crippen molar-refractivity contribution in [1.82, 2.24) is 14.5 Å². The van der Waals surface area contributed by atoms with Crippen LogP contribution >= 0.6 is 0 Å². The van der Waals surface area contributed by atoms with Crippen molar-refractivity contribution in [2.24, 2.45) is 11.3 Å². The first-order chi connectivity index (χ1) is 10.9. The summed E-state index contributed by atoms with van der Waals surface area (Å²) in [4.78, 5) is 19.1. The molecule has 1 amide bonds. The van der Waals surface area contributed by atoms with E-state index in [0.717, 1.165) is 43.8 Å². The Balaban J connectivity index is 1.67. The summed E-state index contributed by atoms with van der Waals surface area (Å²) in [5.41, 5.74) is 2.02. The van der Waals surface area contributed by atoms with Gasteiger partial charge in [0.15, 0.2) is 0 Å². The molecule has 4 nitrogen and oxygen atoms in total. The van der Waals surface area contributed by atoms with Gasteiger partial charge < -0.3 is 9.47 Å². The number of hydrogen-bond donors (Lipinski definition) is 0. The Morgan fingerprint density at radius 2 is 1.87 bits per heavy atom. The lowest BCUT2D eigenvalue weighted by atomic mass is 9.91. The van der Waals surface area contributed by atoms with E-state index in [0.29, 0.717) is 5.92 Å².